The van der Waals surface area contributed by atoms with Crippen molar-refractivity contribution in [2.75, 3.05) is 31.2 Å². The third-order valence-electron chi connectivity index (χ3n) is 3.53. The van der Waals surface area contributed by atoms with Crippen molar-refractivity contribution in [2.45, 2.75) is 19.1 Å². The molecule has 0 aromatic carbocycles. The predicted octanol–water partition coefficient (Wildman–Crippen LogP) is 1.81. The zero-order valence-electron chi connectivity index (χ0n) is 10.2. The van der Waals surface area contributed by atoms with Gasteiger partial charge in [0.15, 0.2) is 17.9 Å². The van der Waals surface area contributed by atoms with E-state index >= 15 is 0 Å². The van der Waals surface area contributed by atoms with Crippen LogP contribution in [0.4, 0.5) is 10.2 Å². The monoisotopic (exact) mass is 252 g/mol. The molecule has 0 unspecified atom stereocenters. The van der Waals surface area contributed by atoms with Crippen LogP contribution in [0.1, 0.15) is 12.8 Å². The summed E-state index contributed by atoms with van der Waals surface area (Å²) in [7, 11) is 0. The van der Waals surface area contributed by atoms with Gasteiger partial charge in [-0.2, -0.15) is 0 Å². The lowest BCUT2D eigenvalue weighted by atomic mass is 9.97. The highest BCUT2D eigenvalue weighted by Gasteiger charge is 2.32. The minimum Gasteiger partial charge on any atom is -0.354 e. The second-order valence-electron chi connectivity index (χ2n) is 4.77. The lowest BCUT2D eigenvalue weighted by Gasteiger charge is -2.35. The molecule has 0 radical (unpaired) electrons. The highest BCUT2D eigenvalue weighted by molar-refractivity contribution is 5.40. The summed E-state index contributed by atoms with van der Waals surface area (Å²) in [6.07, 6.45) is 3.59. The van der Waals surface area contributed by atoms with Crippen molar-refractivity contribution in [3.63, 3.8) is 0 Å². The molecule has 98 valence electrons. The Morgan fingerprint density at radius 2 is 2.17 bits per heavy atom. The Balaban J connectivity index is 1.72. The zero-order chi connectivity index (χ0) is 12.4. The average molecular weight is 252 g/mol. The molecule has 1 aromatic rings. The topological polar surface area (TPSA) is 34.6 Å². The van der Waals surface area contributed by atoms with Crippen molar-refractivity contribution in [1.82, 2.24) is 4.98 Å². The maximum Gasteiger partial charge on any atom is 0.165 e. The summed E-state index contributed by atoms with van der Waals surface area (Å²) in [6, 6.07) is 3.07. The molecule has 1 atom stereocenters. The normalized spacial score (nSPS) is 25.6. The number of ether oxygens (including phenoxy) is 2. The van der Waals surface area contributed by atoms with Crippen molar-refractivity contribution < 1.29 is 13.9 Å². The number of anilines is 1. The van der Waals surface area contributed by atoms with Crippen molar-refractivity contribution in [3.05, 3.63) is 24.1 Å². The molecular weight excluding hydrogens is 235 g/mol. The van der Waals surface area contributed by atoms with Gasteiger partial charge in [-0.3, -0.25) is 0 Å². The number of hydrogen-bond donors (Lipinski definition) is 0. The van der Waals surface area contributed by atoms with E-state index in [2.05, 4.69) is 4.98 Å². The maximum absolute atomic E-state index is 13.7. The number of hydrogen-bond acceptors (Lipinski definition) is 4. The van der Waals surface area contributed by atoms with Crippen LogP contribution < -0.4 is 4.90 Å². The standard InChI is InChI=1S/C13H17FN2O2/c14-11-4-1-5-15-12(11)16-6-2-3-10(9-16)13-17-7-8-18-13/h1,4-5,10,13H,2-3,6-9H2/t10-/m0/s1. The number of piperidine rings is 1. The molecule has 3 rings (SSSR count). The van der Waals surface area contributed by atoms with Crippen LogP contribution >= 0.6 is 0 Å². The van der Waals surface area contributed by atoms with Gasteiger partial charge in [-0.15, -0.1) is 0 Å². The molecule has 0 aliphatic carbocycles. The third-order valence-corrected chi connectivity index (χ3v) is 3.53. The van der Waals surface area contributed by atoms with Crippen LogP contribution in [0.5, 0.6) is 0 Å². The number of nitrogens with zero attached hydrogens (tertiary/aromatic N) is 2. The first-order chi connectivity index (χ1) is 8.84. The van der Waals surface area contributed by atoms with Crippen LogP contribution in [-0.2, 0) is 9.47 Å². The number of pyridine rings is 1. The van der Waals surface area contributed by atoms with Crippen molar-refractivity contribution >= 4 is 5.82 Å². The van der Waals surface area contributed by atoms with Gasteiger partial charge in [0.1, 0.15) is 0 Å². The molecule has 2 saturated heterocycles. The molecule has 0 spiro atoms. The quantitative estimate of drug-likeness (QED) is 0.804. The fraction of sp³-hybridized carbons (Fsp3) is 0.615. The predicted molar refractivity (Wildman–Crippen MR) is 64.8 cm³/mol. The van der Waals surface area contributed by atoms with Gasteiger partial charge in [0.25, 0.3) is 0 Å². The van der Waals surface area contributed by atoms with Crippen molar-refractivity contribution in [1.29, 1.82) is 0 Å². The average Bonchev–Trinajstić information content (AvgIpc) is 2.93. The third kappa shape index (κ3) is 2.33. The lowest BCUT2D eigenvalue weighted by Crippen LogP contribution is -2.41. The molecule has 0 amide bonds. The number of aromatic nitrogens is 1. The van der Waals surface area contributed by atoms with Crippen LogP contribution in [0.15, 0.2) is 18.3 Å². The smallest absolute Gasteiger partial charge is 0.165 e. The Labute approximate surface area is 106 Å². The largest absolute Gasteiger partial charge is 0.354 e. The lowest BCUT2D eigenvalue weighted by molar-refractivity contribution is -0.0859. The first kappa shape index (κ1) is 11.9. The van der Waals surface area contributed by atoms with Gasteiger partial charge < -0.3 is 14.4 Å². The molecule has 5 heteroatoms. The molecule has 0 saturated carbocycles. The number of halogens is 1. The molecule has 2 aliphatic rings. The SMILES string of the molecule is Fc1cccnc1N1CCC[C@H](C2OCCO2)C1. The molecule has 2 aliphatic heterocycles. The molecule has 0 bridgehead atoms. The summed E-state index contributed by atoms with van der Waals surface area (Å²) in [6.45, 7) is 2.92. The van der Waals surface area contributed by atoms with Crippen LogP contribution in [0, 0.1) is 11.7 Å². The fourth-order valence-corrected chi connectivity index (χ4v) is 2.68. The van der Waals surface area contributed by atoms with Crippen molar-refractivity contribution in [2.24, 2.45) is 5.92 Å². The molecular formula is C13H17FN2O2. The Bertz CT molecular complexity index is 410. The Hall–Kier alpha value is -1.20. The summed E-state index contributed by atoms with van der Waals surface area (Å²) >= 11 is 0. The Morgan fingerprint density at radius 3 is 2.94 bits per heavy atom. The summed E-state index contributed by atoms with van der Waals surface area (Å²) in [4.78, 5) is 6.13. The van der Waals surface area contributed by atoms with E-state index in [4.69, 9.17) is 9.47 Å². The van der Waals surface area contributed by atoms with Gasteiger partial charge in [0, 0.05) is 25.2 Å². The minimum absolute atomic E-state index is 0.125. The summed E-state index contributed by atoms with van der Waals surface area (Å²) in [5.41, 5.74) is 0. The minimum atomic E-state index is -0.258. The van der Waals surface area contributed by atoms with Gasteiger partial charge in [0.05, 0.1) is 13.2 Å². The Morgan fingerprint density at radius 1 is 1.33 bits per heavy atom. The molecule has 0 N–H and O–H groups in total. The van der Waals surface area contributed by atoms with Crippen LogP contribution in [0.2, 0.25) is 0 Å². The van der Waals surface area contributed by atoms with Crippen LogP contribution in [0.25, 0.3) is 0 Å². The van der Waals surface area contributed by atoms with Crippen LogP contribution in [-0.4, -0.2) is 37.6 Å². The van der Waals surface area contributed by atoms with Gasteiger partial charge in [-0.1, -0.05) is 0 Å². The van der Waals surface area contributed by atoms with Crippen molar-refractivity contribution in [3.8, 4) is 0 Å². The Kier molecular flexibility index (Phi) is 3.43. The first-order valence-electron chi connectivity index (χ1n) is 6.43. The van der Waals surface area contributed by atoms with E-state index in [9.17, 15) is 4.39 Å². The van der Waals surface area contributed by atoms with Gasteiger partial charge in [-0.05, 0) is 25.0 Å². The second-order valence-corrected chi connectivity index (χ2v) is 4.77. The molecule has 4 nitrogen and oxygen atoms in total. The second kappa shape index (κ2) is 5.20. The zero-order valence-corrected chi connectivity index (χ0v) is 10.2. The number of rotatable bonds is 2. The fourth-order valence-electron chi connectivity index (χ4n) is 2.68. The van der Waals surface area contributed by atoms with Gasteiger partial charge >= 0.3 is 0 Å². The molecule has 2 fully saturated rings. The highest BCUT2D eigenvalue weighted by atomic mass is 19.1. The molecule has 3 heterocycles. The molecule has 18 heavy (non-hydrogen) atoms. The molecule has 1 aromatic heterocycles. The van der Waals surface area contributed by atoms with Gasteiger partial charge in [0.2, 0.25) is 0 Å². The van der Waals surface area contributed by atoms with E-state index in [1.807, 2.05) is 4.90 Å². The van der Waals surface area contributed by atoms with E-state index in [0.717, 1.165) is 25.9 Å². The van der Waals surface area contributed by atoms with E-state index in [1.165, 1.54) is 6.07 Å². The maximum atomic E-state index is 13.7. The van der Waals surface area contributed by atoms with E-state index < -0.39 is 0 Å². The van der Waals surface area contributed by atoms with Crippen LogP contribution in [0.3, 0.4) is 0 Å². The van der Waals surface area contributed by atoms with E-state index in [-0.39, 0.29) is 12.1 Å². The van der Waals surface area contributed by atoms with E-state index in [0.29, 0.717) is 24.9 Å². The summed E-state index contributed by atoms with van der Waals surface area (Å²) < 4.78 is 24.8. The first-order valence-corrected chi connectivity index (χ1v) is 6.43. The van der Waals surface area contributed by atoms with E-state index in [1.54, 1.807) is 12.3 Å². The summed E-state index contributed by atoms with van der Waals surface area (Å²) in [5, 5.41) is 0. The summed E-state index contributed by atoms with van der Waals surface area (Å²) in [5.74, 6) is 0.495. The van der Waals surface area contributed by atoms with Gasteiger partial charge in [-0.25, -0.2) is 9.37 Å². The highest BCUT2D eigenvalue weighted by Crippen LogP contribution is 2.28.